The Kier molecular flexibility index (Phi) is 4.96. The van der Waals surface area contributed by atoms with Crippen molar-refractivity contribution in [3.63, 3.8) is 0 Å². The Bertz CT molecular complexity index is 487. The van der Waals surface area contributed by atoms with Crippen molar-refractivity contribution in [2.75, 3.05) is 7.05 Å². The van der Waals surface area contributed by atoms with E-state index in [4.69, 9.17) is 17.3 Å². The summed E-state index contributed by atoms with van der Waals surface area (Å²) < 4.78 is 0. The molecule has 110 valence electrons. The fraction of sp³-hybridized carbons (Fsp3) is 0.571. The van der Waals surface area contributed by atoms with Crippen LogP contribution in [0.5, 0.6) is 0 Å². The predicted octanol–water partition coefficient (Wildman–Crippen LogP) is 2.95. The summed E-state index contributed by atoms with van der Waals surface area (Å²) in [4.78, 5) is 12.5. The Hall–Kier alpha value is -1.17. The first-order valence-corrected chi connectivity index (χ1v) is 7.24. The Labute approximate surface area is 123 Å². The van der Waals surface area contributed by atoms with E-state index in [1.807, 2.05) is 0 Å². The van der Waals surface area contributed by atoms with Gasteiger partial charge in [0.25, 0.3) is 5.69 Å². The van der Waals surface area contributed by atoms with E-state index in [1.165, 1.54) is 12.1 Å². The van der Waals surface area contributed by atoms with Crippen molar-refractivity contribution in [2.45, 2.75) is 44.3 Å². The van der Waals surface area contributed by atoms with Crippen LogP contribution < -0.4 is 5.73 Å². The monoisotopic (exact) mass is 297 g/mol. The first-order valence-electron chi connectivity index (χ1n) is 6.86. The van der Waals surface area contributed by atoms with E-state index in [9.17, 15) is 10.1 Å². The van der Waals surface area contributed by atoms with Crippen LogP contribution in [0.25, 0.3) is 0 Å². The Morgan fingerprint density at radius 3 is 2.60 bits per heavy atom. The van der Waals surface area contributed by atoms with E-state index in [0.717, 1.165) is 31.2 Å². The zero-order valence-corrected chi connectivity index (χ0v) is 12.3. The molecule has 1 fully saturated rings. The van der Waals surface area contributed by atoms with Crippen molar-refractivity contribution in [3.05, 3.63) is 38.9 Å². The molecule has 0 heterocycles. The van der Waals surface area contributed by atoms with Crippen LogP contribution >= 0.6 is 11.6 Å². The van der Waals surface area contributed by atoms with Crippen molar-refractivity contribution >= 4 is 17.3 Å². The topological polar surface area (TPSA) is 72.4 Å². The second-order valence-electron chi connectivity index (χ2n) is 5.52. The van der Waals surface area contributed by atoms with Crippen LogP contribution in [0.2, 0.25) is 5.02 Å². The van der Waals surface area contributed by atoms with Gasteiger partial charge in [-0.05, 0) is 44.4 Å². The van der Waals surface area contributed by atoms with Gasteiger partial charge in [0, 0.05) is 30.8 Å². The second kappa shape index (κ2) is 6.52. The molecule has 20 heavy (non-hydrogen) atoms. The number of halogens is 1. The molecular weight excluding hydrogens is 278 g/mol. The van der Waals surface area contributed by atoms with E-state index >= 15 is 0 Å². The first kappa shape index (κ1) is 15.2. The molecule has 6 heteroatoms. The van der Waals surface area contributed by atoms with Gasteiger partial charge >= 0.3 is 0 Å². The summed E-state index contributed by atoms with van der Waals surface area (Å²) in [6.45, 7) is 0.705. The predicted molar refractivity (Wildman–Crippen MR) is 79.8 cm³/mol. The average Bonchev–Trinajstić information content (AvgIpc) is 2.41. The van der Waals surface area contributed by atoms with Gasteiger partial charge in [-0.3, -0.25) is 15.0 Å². The molecule has 0 aromatic heterocycles. The summed E-state index contributed by atoms with van der Waals surface area (Å²) in [5.74, 6) is 0. The summed E-state index contributed by atoms with van der Waals surface area (Å²) in [6.07, 6.45) is 4.32. The molecule has 1 aliphatic rings. The lowest BCUT2D eigenvalue weighted by molar-refractivity contribution is -0.384. The Balaban J connectivity index is 2.00. The maximum absolute atomic E-state index is 10.7. The molecule has 1 aromatic rings. The van der Waals surface area contributed by atoms with E-state index in [0.29, 0.717) is 23.7 Å². The van der Waals surface area contributed by atoms with Crippen molar-refractivity contribution in [1.29, 1.82) is 0 Å². The maximum Gasteiger partial charge on any atom is 0.270 e. The minimum atomic E-state index is -0.429. The van der Waals surface area contributed by atoms with Gasteiger partial charge in [-0.25, -0.2) is 0 Å². The quantitative estimate of drug-likeness (QED) is 0.685. The van der Waals surface area contributed by atoms with Gasteiger partial charge in [-0.15, -0.1) is 0 Å². The van der Waals surface area contributed by atoms with Crippen molar-refractivity contribution in [1.82, 2.24) is 4.90 Å². The van der Waals surface area contributed by atoms with Gasteiger partial charge in [0.05, 0.1) is 9.95 Å². The third-order valence-electron chi connectivity index (χ3n) is 4.03. The van der Waals surface area contributed by atoms with Gasteiger partial charge in [-0.1, -0.05) is 11.6 Å². The maximum atomic E-state index is 10.7. The number of benzene rings is 1. The van der Waals surface area contributed by atoms with E-state index < -0.39 is 4.92 Å². The zero-order valence-electron chi connectivity index (χ0n) is 11.6. The molecule has 0 unspecified atom stereocenters. The normalized spacial score (nSPS) is 23.0. The van der Waals surface area contributed by atoms with Gasteiger partial charge in [0.1, 0.15) is 0 Å². The average molecular weight is 298 g/mol. The molecule has 2 N–H and O–H groups in total. The summed E-state index contributed by atoms with van der Waals surface area (Å²) in [6, 6.07) is 5.52. The number of nitrogens with zero attached hydrogens (tertiary/aromatic N) is 2. The molecule has 0 bridgehead atoms. The molecule has 1 aliphatic carbocycles. The molecule has 0 atom stereocenters. The summed E-state index contributed by atoms with van der Waals surface area (Å²) >= 11 is 6.13. The molecule has 0 spiro atoms. The molecular formula is C14H20ClN3O2. The molecule has 0 radical (unpaired) electrons. The highest BCUT2D eigenvalue weighted by atomic mass is 35.5. The van der Waals surface area contributed by atoms with Crippen LogP contribution in [-0.4, -0.2) is 29.0 Å². The zero-order chi connectivity index (χ0) is 14.7. The Morgan fingerprint density at radius 1 is 1.40 bits per heavy atom. The molecule has 5 nitrogen and oxygen atoms in total. The third kappa shape index (κ3) is 3.69. The number of nitro groups is 1. The van der Waals surface area contributed by atoms with E-state index in [-0.39, 0.29) is 5.69 Å². The Morgan fingerprint density at radius 2 is 2.05 bits per heavy atom. The molecule has 0 aliphatic heterocycles. The van der Waals surface area contributed by atoms with Crippen LogP contribution in [0.4, 0.5) is 5.69 Å². The van der Waals surface area contributed by atoms with Crippen molar-refractivity contribution in [2.24, 2.45) is 5.73 Å². The lowest BCUT2D eigenvalue weighted by Crippen LogP contribution is -2.38. The van der Waals surface area contributed by atoms with E-state index in [2.05, 4.69) is 11.9 Å². The lowest BCUT2D eigenvalue weighted by atomic mass is 9.91. The van der Waals surface area contributed by atoms with E-state index in [1.54, 1.807) is 6.07 Å². The molecule has 2 rings (SSSR count). The smallest absolute Gasteiger partial charge is 0.270 e. The number of hydrogen-bond donors (Lipinski definition) is 1. The molecule has 0 saturated heterocycles. The highest BCUT2D eigenvalue weighted by Crippen LogP contribution is 2.26. The minimum Gasteiger partial charge on any atom is -0.328 e. The number of nitro benzene ring substituents is 1. The SMILES string of the molecule is CN(Cc1ccc([N+](=O)[O-])cc1Cl)C1CCC(N)CC1. The number of non-ortho nitro benzene ring substituents is 1. The molecule has 0 amide bonds. The van der Waals surface area contributed by atoms with Crippen LogP contribution in [0.3, 0.4) is 0 Å². The summed E-state index contributed by atoms with van der Waals surface area (Å²) in [5.41, 5.74) is 6.87. The van der Waals surface area contributed by atoms with Gasteiger partial charge < -0.3 is 5.73 Å². The molecule has 1 aromatic carbocycles. The van der Waals surface area contributed by atoms with Crippen molar-refractivity contribution in [3.8, 4) is 0 Å². The highest BCUT2D eigenvalue weighted by molar-refractivity contribution is 6.31. The van der Waals surface area contributed by atoms with Gasteiger partial charge in [0.2, 0.25) is 0 Å². The summed E-state index contributed by atoms with van der Waals surface area (Å²) in [7, 11) is 2.07. The van der Waals surface area contributed by atoms with Crippen LogP contribution in [0.15, 0.2) is 18.2 Å². The first-order chi connectivity index (χ1) is 9.47. The second-order valence-corrected chi connectivity index (χ2v) is 5.92. The fourth-order valence-corrected chi connectivity index (χ4v) is 2.95. The number of rotatable bonds is 4. The van der Waals surface area contributed by atoms with Crippen LogP contribution in [0, 0.1) is 10.1 Å². The van der Waals surface area contributed by atoms with Gasteiger partial charge in [-0.2, -0.15) is 0 Å². The highest BCUT2D eigenvalue weighted by Gasteiger charge is 2.22. The minimum absolute atomic E-state index is 0.0324. The summed E-state index contributed by atoms with van der Waals surface area (Å²) in [5, 5.41) is 11.1. The number of hydrogen-bond acceptors (Lipinski definition) is 4. The van der Waals surface area contributed by atoms with Crippen molar-refractivity contribution < 1.29 is 4.92 Å². The largest absolute Gasteiger partial charge is 0.328 e. The van der Waals surface area contributed by atoms with Gasteiger partial charge in [0.15, 0.2) is 0 Å². The third-order valence-corrected chi connectivity index (χ3v) is 4.38. The number of nitrogens with two attached hydrogens (primary N) is 1. The molecule has 1 saturated carbocycles. The standard InChI is InChI=1S/C14H20ClN3O2/c1-17(12-6-3-11(16)4-7-12)9-10-2-5-13(18(19)20)8-14(10)15/h2,5,8,11-12H,3-4,6-7,9,16H2,1H3. The fourth-order valence-electron chi connectivity index (χ4n) is 2.72. The van der Waals surface area contributed by atoms with Crippen LogP contribution in [-0.2, 0) is 6.54 Å². The lowest BCUT2D eigenvalue weighted by Gasteiger charge is -2.33. The van der Waals surface area contributed by atoms with Crippen LogP contribution in [0.1, 0.15) is 31.2 Å².